The molecule has 0 aliphatic rings. The Morgan fingerprint density at radius 3 is 2.50 bits per heavy atom. The number of anilines is 1. The van der Waals surface area contributed by atoms with E-state index in [1.165, 1.54) is 0 Å². The van der Waals surface area contributed by atoms with E-state index in [-0.39, 0.29) is 4.60 Å². The molecule has 0 bridgehead atoms. The summed E-state index contributed by atoms with van der Waals surface area (Å²) in [7, 11) is 0. The largest absolute Gasteiger partial charge is 0.383 e. The molecule has 0 saturated carbocycles. The molecule has 0 saturated heterocycles. The van der Waals surface area contributed by atoms with Crippen LogP contribution >= 0.6 is 15.9 Å². The highest BCUT2D eigenvalue weighted by atomic mass is 79.9. The third-order valence-electron chi connectivity index (χ3n) is 1.22. The number of halogens is 4. The summed E-state index contributed by atoms with van der Waals surface area (Å²) in [5.41, 5.74) is 4.21. The van der Waals surface area contributed by atoms with Gasteiger partial charge in [0.1, 0.15) is 16.2 Å². The normalized spacial score (nSPS) is 10.8. The van der Waals surface area contributed by atoms with Crippen LogP contribution in [0.5, 0.6) is 0 Å². The van der Waals surface area contributed by atoms with Gasteiger partial charge in [0.2, 0.25) is 0 Å². The SMILES string of the molecule is Nc1nc(Br)cc(F)c1C(F)F. The number of nitrogen functional groups attached to an aromatic ring is 1. The van der Waals surface area contributed by atoms with Gasteiger partial charge >= 0.3 is 0 Å². The summed E-state index contributed by atoms with van der Waals surface area (Å²) in [5, 5.41) is 0. The molecule has 1 heterocycles. The van der Waals surface area contributed by atoms with E-state index in [2.05, 4.69) is 20.9 Å². The number of nitrogens with zero attached hydrogens (tertiary/aromatic N) is 1. The summed E-state index contributed by atoms with van der Waals surface area (Å²) < 4.78 is 36.9. The zero-order chi connectivity index (χ0) is 9.30. The van der Waals surface area contributed by atoms with Gasteiger partial charge in [0, 0.05) is 6.07 Å². The number of hydrogen-bond acceptors (Lipinski definition) is 2. The van der Waals surface area contributed by atoms with Gasteiger partial charge in [-0.3, -0.25) is 0 Å². The smallest absolute Gasteiger partial charge is 0.270 e. The van der Waals surface area contributed by atoms with Crippen molar-refractivity contribution in [2.24, 2.45) is 0 Å². The number of hydrogen-bond donors (Lipinski definition) is 1. The lowest BCUT2D eigenvalue weighted by Crippen LogP contribution is -2.01. The van der Waals surface area contributed by atoms with Crippen molar-refractivity contribution in [1.82, 2.24) is 4.98 Å². The highest BCUT2D eigenvalue weighted by molar-refractivity contribution is 9.10. The zero-order valence-corrected chi connectivity index (χ0v) is 7.28. The number of alkyl halides is 2. The minimum atomic E-state index is -2.94. The molecule has 0 aliphatic carbocycles. The van der Waals surface area contributed by atoms with Crippen molar-refractivity contribution in [3.05, 3.63) is 22.1 Å². The second-order valence-electron chi connectivity index (χ2n) is 2.03. The van der Waals surface area contributed by atoms with Gasteiger partial charge in [-0.1, -0.05) is 0 Å². The Morgan fingerprint density at radius 2 is 2.08 bits per heavy atom. The molecule has 0 aliphatic heterocycles. The predicted molar refractivity (Wildman–Crippen MR) is 41.3 cm³/mol. The van der Waals surface area contributed by atoms with Gasteiger partial charge in [0.05, 0.1) is 5.56 Å². The first-order valence-corrected chi connectivity index (χ1v) is 3.71. The Balaban J connectivity index is 3.28. The standard InChI is InChI=1S/C6H4BrF3N2/c7-3-1-2(8)4(5(9)10)6(11)12-3/h1,5H,(H2,11,12). The number of pyridine rings is 1. The van der Waals surface area contributed by atoms with Gasteiger partial charge < -0.3 is 5.73 Å². The molecular formula is C6H4BrF3N2. The highest BCUT2D eigenvalue weighted by Gasteiger charge is 2.18. The molecule has 0 fully saturated rings. The second-order valence-corrected chi connectivity index (χ2v) is 2.84. The molecule has 12 heavy (non-hydrogen) atoms. The van der Waals surface area contributed by atoms with Crippen LogP contribution in [0.2, 0.25) is 0 Å². The van der Waals surface area contributed by atoms with Crippen LogP contribution in [0.25, 0.3) is 0 Å². The summed E-state index contributed by atoms with van der Waals surface area (Å²) in [6.07, 6.45) is -2.94. The maximum absolute atomic E-state index is 12.7. The van der Waals surface area contributed by atoms with Crippen molar-refractivity contribution in [1.29, 1.82) is 0 Å². The van der Waals surface area contributed by atoms with E-state index in [4.69, 9.17) is 5.73 Å². The van der Waals surface area contributed by atoms with E-state index in [0.717, 1.165) is 6.07 Å². The third-order valence-corrected chi connectivity index (χ3v) is 1.63. The van der Waals surface area contributed by atoms with Gasteiger partial charge in [-0.05, 0) is 15.9 Å². The Bertz CT molecular complexity index is 280. The average Bonchev–Trinajstić information content (AvgIpc) is 1.82. The Morgan fingerprint density at radius 1 is 1.50 bits per heavy atom. The lowest BCUT2D eigenvalue weighted by molar-refractivity contribution is 0.147. The van der Waals surface area contributed by atoms with E-state index in [0.29, 0.717) is 0 Å². The third kappa shape index (κ3) is 1.69. The van der Waals surface area contributed by atoms with Crippen LogP contribution in [0.15, 0.2) is 10.7 Å². The van der Waals surface area contributed by atoms with Gasteiger partial charge in [-0.25, -0.2) is 18.2 Å². The summed E-state index contributed by atoms with van der Waals surface area (Å²) in [6.45, 7) is 0. The molecule has 0 unspecified atom stereocenters. The molecule has 1 aromatic rings. The van der Waals surface area contributed by atoms with Crippen molar-refractivity contribution < 1.29 is 13.2 Å². The Labute approximate surface area is 74.7 Å². The first-order valence-electron chi connectivity index (χ1n) is 2.92. The van der Waals surface area contributed by atoms with E-state index in [1.807, 2.05) is 0 Å². The molecule has 1 aromatic heterocycles. The fourth-order valence-electron chi connectivity index (χ4n) is 0.728. The molecule has 66 valence electrons. The number of nitrogens with two attached hydrogens (primary N) is 1. The molecule has 0 amide bonds. The maximum Gasteiger partial charge on any atom is 0.270 e. The predicted octanol–water partition coefficient (Wildman–Crippen LogP) is 2.50. The van der Waals surface area contributed by atoms with Crippen LogP contribution in [0.4, 0.5) is 19.0 Å². The van der Waals surface area contributed by atoms with E-state index < -0.39 is 23.6 Å². The van der Waals surface area contributed by atoms with Crippen LogP contribution in [-0.4, -0.2) is 4.98 Å². The quantitative estimate of drug-likeness (QED) is 0.767. The van der Waals surface area contributed by atoms with Crippen molar-refractivity contribution >= 4 is 21.7 Å². The topological polar surface area (TPSA) is 38.9 Å². The van der Waals surface area contributed by atoms with Gasteiger partial charge in [0.25, 0.3) is 6.43 Å². The zero-order valence-electron chi connectivity index (χ0n) is 5.69. The van der Waals surface area contributed by atoms with Crippen molar-refractivity contribution in [2.75, 3.05) is 5.73 Å². The molecule has 2 N–H and O–H groups in total. The molecular weight excluding hydrogens is 237 g/mol. The monoisotopic (exact) mass is 240 g/mol. The summed E-state index contributed by atoms with van der Waals surface area (Å²) in [6, 6.07) is 0.845. The van der Waals surface area contributed by atoms with E-state index in [1.54, 1.807) is 0 Å². The van der Waals surface area contributed by atoms with Crippen LogP contribution in [-0.2, 0) is 0 Å². The molecule has 0 aromatic carbocycles. The van der Waals surface area contributed by atoms with Gasteiger partial charge in [-0.2, -0.15) is 0 Å². The summed E-state index contributed by atoms with van der Waals surface area (Å²) >= 11 is 2.82. The number of rotatable bonds is 1. The van der Waals surface area contributed by atoms with Crippen molar-refractivity contribution in [3.8, 4) is 0 Å². The Kier molecular flexibility index (Phi) is 2.56. The van der Waals surface area contributed by atoms with Crippen LogP contribution in [0.1, 0.15) is 12.0 Å². The molecule has 6 heteroatoms. The summed E-state index contributed by atoms with van der Waals surface area (Å²) in [5.74, 6) is -1.54. The lowest BCUT2D eigenvalue weighted by Gasteiger charge is -2.04. The van der Waals surface area contributed by atoms with Crippen molar-refractivity contribution in [3.63, 3.8) is 0 Å². The molecule has 0 atom stereocenters. The first kappa shape index (κ1) is 9.31. The molecule has 2 nitrogen and oxygen atoms in total. The molecule has 0 spiro atoms. The summed E-state index contributed by atoms with van der Waals surface area (Å²) in [4.78, 5) is 3.43. The Hall–Kier alpha value is -0.780. The van der Waals surface area contributed by atoms with E-state index >= 15 is 0 Å². The molecule has 0 radical (unpaired) electrons. The van der Waals surface area contributed by atoms with Gasteiger partial charge in [-0.15, -0.1) is 0 Å². The van der Waals surface area contributed by atoms with Crippen LogP contribution < -0.4 is 5.73 Å². The lowest BCUT2D eigenvalue weighted by atomic mass is 10.2. The minimum absolute atomic E-state index is 0.0990. The first-order chi connectivity index (χ1) is 5.52. The van der Waals surface area contributed by atoms with Crippen LogP contribution in [0, 0.1) is 5.82 Å². The van der Waals surface area contributed by atoms with Crippen LogP contribution in [0.3, 0.4) is 0 Å². The molecule has 1 rings (SSSR count). The number of aromatic nitrogens is 1. The van der Waals surface area contributed by atoms with E-state index in [9.17, 15) is 13.2 Å². The minimum Gasteiger partial charge on any atom is -0.383 e. The average molecular weight is 241 g/mol. The second kappa shape index (κ2) is 3.30. The maximum atomic E-state index is 12.7. The van der Waals surface area contributed by atoms with Crippen molar-refractivity contribution in [2.45, 2.75) is 6.43 Å². The highest BCUT2D eigenvalue weighted by Crippen LogP contribution is 2.27. The van der Waals surface area contributed by atoms with Gasteiger partial charge in [0.15, 0.2) is 0 Å². The fraction of sp³-hybridized carbons (Fsp3) is 0.167. The fourth-order valence-corrected chi connectivity index (χ4v) is 1.12.